The molecule has 12 heteroatoms. The summed E-state index contributed by atoms with van der Waals surface area (Å²) in [7, 11) is 2.91. The van der Waals surface area contributed by atoms with E-state index in [-0.39, 0.29) is 29.6 Å². The van der Waals surface area contributed by atoms with E-state index < -0.39 is 29.6 Å². The van der Waals surface area contributed by atoms with Gasteiger partial charge in [-0.15, -0.1) is 0 Å². The Balaban J connectivity index is 1.16. The fourth-order valence-electron chi connectivity index (χ4n) is 5.89. The van der Waals surface area contributed by atoms with Gasteiger partial charge in [0.05, 0.1) is 25.3 Å². The highest BCUT2D eigenvalue weighted by atomic mass is 16.6. The summed E-state index contributed by atoms with van der Waals surface area (Å²) in [4.78, 5) is 56.2. The van der Waals surface area contributed by atoms with Gasteiger partial charge in [0.1, 0.15) is 29.6 Å². The third-order valence-electron chi connectivity index (χ3n) is 8.36. The SMILES string of the molecule is COC(=O)C1CCC(CC(C)(C)C(NC(=O)OC2CC2CCCCCc2nc3ccc(OC)cc3[nH]c2=O)C(=O)O)N1. The average molecular weight is 587 g/mol. The van der Waals surface area contributed by atoms with Gasteiger partial charge in [-0.25, -0.2) is 14.6 Å². The van der Waals surface area contributed by atoms with Crippen molar-refractivity contribution in [3.63, 3.8) is 0 Å². The Morgan fingerprint density at radius 1 is 1.17 bits per heavy atom. The Bertz CT molecular complexity index is 1340. The van der Waals surface area contributed by atoms with Crippen molar-refractivity contribution >= 4 is 29.1 Å². The van der Waals surface area contributed by atoms with Crippen molar-refractivity contribution in [2.24, 2.45) is 11.3 Å². The van der Waals surface area contributed by atoms with Crippen LogP contribution in [0.15, 0.2) is 23.0 Å². The highest BCUT2D eigenvalue weighted by molar-refractivity contribution is 5.81. The lowest BCUT2D eigenvalue weighted by Crippen LogP contribution is -2.52. The predicted octanol–water partition coefficient (Wildman–Crippen LogP) is 3.31. The van der Waals surface area contributed by atoms with Crippen LogP contribution in [0.1, 0.15) is 70.9 Å². The Morgan fingerprint density at radius 3 is 2.67 bits per heavy atom. The molecule has 1 amide bonds. The molecule has 12 nitrogen and oxygen atoms in total. The van der Waals surface area contributed by atoms with E-state index in [0.717, 1.165) is 37.6 Å². The molecule has 230 valence electrons. The number of aliphatic carboxylic acids is 1. The van der Waals surface area contributed by atoms with Gasteiger partial charge in [0.2, 0.25) is 0 Å². The first kappa shape index (κ1) is 31.3. The first-order valence-corrected chi connectivity index (χ1v) is 14.6. The van der Waals surface area contributed by atoms with Crippen LogP contribution in [0.5, 0.6) is 5.75 Å². The third kappa shape index (κ3) is 7.99. The van der Waals surface area contributed by atoms with E-state index >= 15 is 0 Å². The minimum Gasteiger partial charge on any atom is -0.497 e. The second-order valence-corrected chi connectivity index (χ2v) is 12.1. The number of esters is 1. The van der Waals surface area contributed by atoms with Crippen molar-refractivity contribution in [1.29, 1.82) is 0 Å². The lowest BCUT2D eigenvalue weighted by Gasteiger charge is -2.34. The molecule has 2 aliphatic rings. The largest absolute Gasteiger partial charge is 0.497 e. The van der Waals surface area contributed by atoms with Crippen LogP contribution in [0.4, 0.5) is 4.79 Å². The first-order valence-electron chi connectivity index (χ1n) is 14.6. The van der Waals surface area contributed by atoms with E-state index in [9.17, 15) is 24.3 Å². The molecular formula is C30H42N4O8. The fourth-order valence-corrected chi connectivity index (χ4v) is 5.89. The zero-order valence-electron chi connectivity index (χ0n) is 24.7. The Hall–Kier alpha value is -3.67. The number of benzene rings is 1. The van der Waals surface area contributed by atoms with Gasteiger partial charge in [0, 0.05) is 12.1 Å². The number of carboxylic acids is 1. The summed E-state index contributed by atoms with van der Waals surface area (Å²) in [6.45, 7) is 3.58. The van der Waals surface area contributed by atoms with Crippen molar-refractivity contribution in [2.45, 2.75) is 95.9 Å². The molecule has 1 aromatic heterocycles. The number of hydrogen-bond donors (Lipinski definition) is 4. The number of methoxy groups -OCH3 is 2. The Labute approximate surface area is 244 Å². The van der Waals surface area contributed by atoms with Crippen LogP contribution < -0.4 is 20.9 Å². The lowest BCUT2D eigenvalue weighted by atomic mass is 9.78. The minimum atomic E-state index is -1.14. The number of aromatic amines is 1. The number of carbonyl (C=O) groups excluding carboxylic acids is 2. The quantitative estimate of drug-likeness (QED) is 0.190. The van der Waals surface area contributed by atoms with E-state index in [1.54, 1.807) is 27.0 Å². The number of amides is 1. The van der Waals surface area contributed by atoms with Crippen LogP contribution in [0.25, 0.3) is 11.0 Å². The van der Waals surface area contributed by atoms with Crippen molar-refractivity contribution in [3.05, 3.63) is 34.2 Å². The molecule has 5 atom stereocenters. The number of aromatic nitrogens is 2. The maximum atomic E-state index is 12.6. The summed E-state index contributed by atoms with van der Waals surface area (Å²) < 4.78 is 15.5. The second-order valence-electron chi connectivity index (χ2n) is 12.1. The van der Waals surface area contributed by atoms with E-state index in [1.165, 1.54) is 7.11 Å². The number of fused-ring (bicyclic) bond motifs is 1. The molecule has 0 radical (unpaired) electrons. The lowest BCUT2D eigenvalue weighted by molar-refractivity contribution is -0.144. The standard InChI is InChI=1S/C30H42N4O8/c1-30(2,16-18-10-12-22(31-18)28(38)41-4)25(27(36)37)34-29(39)42-24-14-17(24)8-6-5-7-9-21-26(35)33-23-15-19(40-3)11-13-20(23)32-21/h11,13,15,17-18,22,24-25,31H,5-10,12,14,16H2,1-4H3,(H,33,35)(H,34,39)(H,36,37). The topological polar surface area (TPSA) is 169 Å². The molecule has 4 rings (SSSR count). The summed E-state index contributed by atoms with van der Waals surface area (Å²) >= 11 is 0. The van der Waals surface area contributed by atoms with Crippen molar-refractivity contribution in [2.75, 3.05) is 14.2 Å². The summed E-state index contributed by atoms with van der Waals surface area (Å²) in [6, 6.07) is 3.79. The molecule has 4 N–H and O–H groups in total. The third-order valence-corrected chi connectivity index (χ3v) is 8.36. The number of hydrogen-bond acceptors (Lipinski definition) is 9. The molecule has 42 heavy (non-hydrogen) atoms. The molecule has 1 aromatic carbocycles. The van der Waals surface area contributed by atoms with Crippen molar-refractivity contribution in [3.8, 4) is 5.75 Å². The molecule has 5 unspecified atom stereocenters. The normalized spacial score (nSPS) is 22.4. The number of alkyl carbamates (subject to hydrolysis) is 1. The molecular weight excluding hydrogens is 544 g/mol. The number of rotatable bonds is 14. The summed E-state index contributed by atoms with van der Waals surface area (Å²) in [5, 5.41) is 15.6. The molecule has 0 bridgehead atoms. The molecule has 1 aliphatic carbocycles. The minimum absolute atomic E-state index is 0.0592. The van der Waals surface area contributed by atoms with Gasteiger partial charge >= 0.3 is 18.0 Å². The molecule has 2 fully saturated rings. The number of nitrogens with one attached hydrogen (secondary N) is 3. The van der Waals surface area contributed by atoms with E-state index in [0.29, 0.717) is 42.6 Å². The number of nitrogens with zero attached hydrogens (tertiary/aromatic N) is 1. The number of H-pyrrole nitrogens is 1. The van der Waals surface area contributed by atoms with Crippen LogP contribution in [0.2, 0.25) is 0 Å². The zero-order valence-corrected chi connectivity index (χ0v) is 24.7. The molecule has 0 spiro atoms. The number of carbonyl (C=O) groups is 3. The highest BCUT2D eigenvalue weighted by Crippen LogP contribution is 2.38. The Kier molecular flexibility index (Phi) is 10.1. The van der Waals surface area contributed by atoms with Crippen LogP contribution in [0, 0.1) is 11.3 Å². The number of ether oxygens (including phenoxy) is 3. The molecule has 1 saturated carbocycles. The number of unbranched alkanes of at least 4 members (excludes halogenated alkanes) is 2. The second kappa shape index (κ2) is 13.5. The van der Waals surface area contributed by atoms with Crippen LogP contribution in [-0.2, 0) is 25.5 Å². The summed E-state index contributed by atoms with van der Waals surface area (Å²) in [5.41, 5.74) is 0.901. The van der Waals surface area contributed by atoms with E-state index in [4.69, 9.17) is 14.2 Å². The van der Waals surface area contributed by atoms with Crippen LogP contribution in [0.3, 0.4) is 0 Å². The summed E-state index contributed by atoms with van der Waals surface area (Å²) in [6.07, 6.45) is 5.74. The number of aryl methyl sites for hydroxylation is 1. The van der Waals surface area contributed by atoms with Crippen LogP contribution in [-0.4, -0.2) is 71.6 Å². The van der Waals surface area contributed by atoms with Gasteiger partial charge in [-0.05, 0) is 68.4 Å². The highest BCUT2D eigenvalue weighted by Gasteiger charge is 2.44. The number of carboxylic acid groups (broad SMARTS) is 1. The summed E-state index contributed by atoms with van der Waals surface area (Å²) in [5.74, 6) is -0.552. The van der Waals surface area contributed by atoms with Crippen LogP contribution >= 0.6 is 0 Å². The average Bonchev–Trinajstić information content (AvgIpc) is 3.51. The first-order chi connectivity index (χ1) is 20.0. The van der Waals surface area contributed by atoms with Gasteiger partial charge in [-0.3, -0.25) is 9.59 Å². The predicted molar refractivity (Wildman–Crippen MR) is 154 cm³/mol. The smallest absolute Gasteiger partial charge is 0.408 e. The molecule has 1 aliphatic heterocycles. The maximum absolute atomic E-state index is 12.6. The van der Waals surface area contributed by atoms with Crippen molar-refractivity contribution < 1.29 is 33.7 Å². The van der Waals surface area contributed by atoms with Gasteiger partial charge in [0.25, 0.3) is 5.56 Å². The monoisotopic (exact) mass is 586 g/mol. The molecule has 2 heterocycles. The van der Waals surface area contributed by atoms with Gasteiger partial charge in [-0.1, -0.05) is 26.7 Å². The Morgan fingerprint density at radius 2 is 1.95 bits per heavy atom. The zero-order chi connectivity index (χ0) is 30.4. The van der Waals surface area contributed by atoms with Crippen molar-refractivity contribution in [1.82, 2.24) is 20.6 Å². The molecule has 2 aromatic rings. The van der Waals surface area contributed by atoms with E-state index in [1.807, 2.05) is 12.1 Å². The maximum Gasteiger partial charge on any atom is 0.408 e. The molecule has 1 saturated heterocycles. The van der Waals surface area contributed by atoms with E-state index in [2.05, 4.69) is 20.6 Å². The van der Waals surface area contributed by atoms with Gasteiger partial charge < -0.3 is 34.9 Å². The van der Waals surface area contributed by atoms with Gasteiger partial charge in [-0.2, -0.15) is 0 Å². The fraction of sp³-hybridized carbons (Fsp3) is 0.633. The van der Waals surface area contributed by atoms with Gasteiger partial charge in [0.15, 0.2) is 0 Å².